The Hall–Kier alpha value is -1.55. The van der Waals surface area contributed by atoms with Gasteiger partial charge < -0.3 is 15.0 Å². The average molecular weight is 276 g/mol. The summed E-state index contributed by atoms with van der Waals surface area (Å²) in [6.07, 6.45) is 4.47. The van der Waals surface area contributed by atoms with Gasteiger partial charge in [-0.2, -0.15) is 0 Å². The number of piperidine rings is 1. The molecular formula is C16H24N2O2. The molecule has 1 heterocycles. The quantitative estimate of drug-likeness (QED) is 0.866. The van der Waals surface area contributed by atoms with Gasteiger partial charge >= 0.3 is 0 Å². The minimum Gasteiger partial charge on any atom is -0.497 e. The number of nitrogens with zero attached hydrogens (tertiary/aromatic N) is 1. The summed E-state index contributed by atoms with van der Waals surface area (Å²) in [6.45, 7) is 3.76. The highest BCUT2D eigenvalue weighted by molar-refractivity contribution is 5.76. The van der Waals surface area contributed by atoms with Crippen molar-refractivity contribution in [1.82, 2.24) is 10.2 Å². The summed E-state index contributed by atoms with van der Waals surface area (Å²) in [5.74, 6) is 0.969. The molecular weight excluding hydrogens is 252 g/mol. The molecule has 0 radical (unpaired) electrons. The lowest BCUT2D eigenvalue weighted by Crippen LogP contribution is -2.34. The predicted octanol–water partition coefficient (Wildman–Crippen LogP) is 2.19. The number of carbonyl (C=O) groups is 1. The molecule has 1 aromatic carbocycles. The summed E-state index contributed by atoms with van der Waals surface area (Å²) in [5.41, 5.74) is 1.09. The van der Waals surface area contributed by atoms with E-state index in [1.165, 1.54) is 19.3 Å². The van der Waals surface area contributed by atoms with E-state index in [-0.39, 0.29) is 5.91 Å². The van der Waals surface area contributed by atoms with Crippen molar-refractivity contribution in [1.29, 1.82) is 0 Å². The van der Waals surface area contributed by atoms with E-state index in [9.17, 15) is 4.79 Å². The third-order valence-electron chi connectivity index (χ3n) is 3.75. The van der Waals surface area contributed by atoms with Crippen LogP contribution < -0.4 is 10.1 Å². The van der Waals surface area contributed by atoms with Crippen molar-refractivity contribution >= 4 is 5.91 Å². The SMILES string of the molecule is COc1ccc(CNC(=O)CCN2CCCCC2)cc1. The Morgan fingerprint density at radius 3 is 2.55 bits per heavy atom. The normalized spacial score (nSPS) is 15.8. The summed E-state index contributed by atoms with van der Waals surface area (Å²) in [6, 6.07) is 7.78. The lowest BCUT2D eigenvalue weighted by molar-refractivity contribution is -0.121. The van der Waals surface area contributed by atoms with Crippen LogP contribution in [0.4, 0.5) is 0 Å². The van der Waals surface area contributed by atoms with E-state index in [4.69, 9.17) is 4.74 Å². The van der Waals surface area contributed by atoms with E-state index in [1.807, 2.05) is 24.3 Å². The first-order valence-corrected chi connectivity index (χ1v) is 7.40. The summed E-state index contributed by atoms with van der Waals surface area (Å²) in [5, 5.41) is 2.97. The van der Waals surface area contributed by atoms with Crippen molar-refractivity contribution in [2.24, 2.45) is 0 Å². The van der Waals surface area contributed by atoms with Gasteiger partial charge in [-0.25, -0.2) is 0 Å². The van der Waals surface area contributed by atoms with Crippen LogP contribution in [0.3, 0.4) is 0 Å². The standard InChI is InChI=1S/C16H24N2O2/c1-20-15-7-5-14(6-8-15)13-17-16(19)9-12-18-10-3-2-4-11-18/h5-8H,2-4,9-13H2,1H3,(H,17,19). The number of methoxy groups -OCH3 is 1. The fraction of sp³-hybridized carbons (Fsp3) is 0.562. The van der Waals surface area contributed by atoms with E-state index in [0.717, 1.165) is 30.9 Å². The largest absolute Gasteiger partial charge is 0.497 e. The summed E-state index contributed by atoms with van der Waals surface area (Å²) < 4.78 is 5.11. The van der Waals surface area contributed by atoms with Crippen LogP contribution in [0.5, 0.6) is 5.75 Å². The first-order valence-electron chi connectivity index (χ1n) is 7.40. The van der Waals surface area contributed by atoms with Crippen molar-refractivity contribution in [3.05, 3.63) is 29.8 Å². The minimum absolute atomic E-state index is 0.131. The molecule has 0 aliphatic carbocycles. The fourth-order valence-electron chi connectivity index (χ4n) is 2.48. The van der Waals surface area contributed by atoms with E-state index in [1.54, 1.807) is 7.11 Å². The number of likely N-dealkylation sites (tertiary alicyclic amines) is 1. The molecule has 4 nitrogen and oxygen atoms in total. The van der Waals surface area contributed by atoms with Crippen LogP contribution in [0, 0.1) is 0 Å². The Bertz CT molecular complexity index is 411. The van der Waals surface area contributed by atoms with Crippen LogP contribution in [-0.2, 0) is 11.3 Å². The number of nitrogens with one attached hydrogen (secondary N) is 1. The first-order chi connectivity index (χ1) is 9.78. The molecule has 1 amide bonds. The van der Waals surface area contributed by atoms with Gasteiger partial charge in [-0.3, -0.25) is 4.79 Å². The highest BCUT2D eigenvalue weighted by atomic mass is 16.5. The minimum atomic E-state index is 0.131. The number of hydrogen-bond acceptors (Lipinski definition) is 3. The lowest BCUT2D eigenvalue weighted by atomic mass is 10.1. The molecule has 1 saturated heterocycles. The molecule has 1 aliphatic heterocycles. The van der Waals surface area contributed by atoms with Crippen LogP contribution in [-0.4, -0.2) is 37.6 Å². The summed E-state index contributed by atoms with van der Waals surface area (Å²) in [4.78, 5) is 14.2. The average Bonchev–Trinajstić information content (AvgIpc) is 2.52. The predicted molar refractivity (Wildman–Crippen MR) is 79.7 cm³/mol. The monoisotopic (exact) mass is 276 g/mol. The van der Waals surface area contributed by atoms with Crippen LogP contribution in [0.15, 0.2) is 24.3 Å². The second-order valence-corrected chi connectivity index (χ2v) is 5.28. The van der Waals surface area contributed by atoms with Crippen molar-refractivity contribution in [3.63, 3.8) is 0 Å². The Morgan fingerprint density at radius 2 is 1.90 bits per heavy atom. The zero-order valence-electron chi connectivity index (χ0n) is 12.2. The number of carbonyl (C=O) groups excluding carboxylic acids is 1. The van der Waals surface area contributed by atoms with Crippen LogP contribution >= 0.6 is 0 Å². The van der Waals surface area contributed by atoms with E-state index >= 15 is 0 Å². The van der Waals surface area contributed by atoms with Crippen molar-refractivity contribution in [3.8, 4) is 5.75 Å². The van der Waals surface area contributed by atoms with E-state index in [2.05, 4.69) is 10.2 Å². The number of ether oxygens (including phenoxy) is 1. The van der Waals surface area contributed by atoms with Gasteiger partial charge in [0.25, 0.3) is 0 Å². The number of benzene rings is 1. The van der Waals surface area contributed by atoms with E-state index in [0.29, 0.717) is 13.0 Å². The maximum atomic E-state index is 11.8. The van der Waals surface area contributed by atoms with Gasteiger partial charge in [-0.15, -0.1) is 0 Å². The Balaban J connectivity index is 1.66. The molecule has 4 heteroatoms. The molecule has 20 heavy (non-hydrogen) atoms. The van der Waals surface area contributed by atoms with Crippen LogP contribution in [0.2, 0.25) is 0 Å². The van der Waals surface area contributed by atoms with Crippen molar-refractivity contribution < 1.29 is 9.53 Å². The second-order valence-electron chi connectivity index (χ2n) is 5.28. The number of rotatable bonds is 6. The molecule has 110 valence electrons. The van der Waals surface area contributed by atoms with Gasteiger partial charge in [0.15, 0.2) is 0 Å². The highest BCUT2D eigenvalue weighted by Crippen LogP contribution is 2.11. The molecule has 1 N–H and O–H groups in total. The molecule has 1 aromatic rings. The van der Waals surface area contributed by atoms with Gasteiger partial charge in [0.05, 0.1) is 7.11 Å². The zero-order chi connectivity index (χ0) is 14.2. The van der Waals surface area contributed by atoms with Gasteiger partial charge in [0, 0.05) is 19.5 Å². The molecule has 0 saturated carbocycles. The van der Waals surface area contributed by atoms with E-state index < -0.39 is 0 Å². The molecule has 1 aliphatic rings. The van der Waals surface area contributed by atoms with Gasteiger partial charge in [0.1, 0.15) is 5.75 Å². The molecule has 2 rings (SSSR count). The van der Waals surface area contributed by atoms with Crippen molar-refractivity contribution in [2.75, 3.05) is 26.7 Å². The smallest absolute Gasteiger partial charge is 0.221 e. The van der Waals surface area contributed by atoms with Gasteiger partial charge in [-0.1, -0.05) is 18.6 Å². The third kappa shape index (κ3) is 4.85. The van der Waals surface area contributed by atoms with Crippen LogP contribution in [0.25, 0.3) is 0 Å². The second kappa shape index (κ2) is 7.90. The molecule has 0 atom stereocenters. The zero-order valence-corrected chi connectivity index (χ0v) is 12.2. The molecule has 0 aromatic heterocycles. The number of hydrogen-bond donors (Lipinski definition) is 1. The van der Waals surface area contributed by atoms with Crippen molar-refractivity contribution in [2.45, 2.75) is 32.2 Å². The maximum absolute atomic E-state index is 11.8. The molecule has 0 spiro atoms. The first kappa shape index (κ1) is 14.9. The molecule has 0 bridgehead atoms. The molecule has 1 fully saturated rings. The molecule has 0 unspecified atom stereocenters. The Morgan fingerprint density at radius 1 is 1.20 bits per heavy atom. The topological polar surface area (TPSA) is 41.6 Å². The van der Waals surface area contributed by atoms with Gasteiger partial charge in [0.2, 0.25) is 5.91 Å². The summed E-state index contributed by atoms with van der Waals surface area (Å²) >= 11 is 0. The third-order valence-corrected chi connectivity index (χ3v) is 3.75. The lowest BCUT2D eigenvalue weighted by Gasteiger charge is -2.25. The number of amides is 1. The Labute approximate surface area is 121 Å². The Kier molecular flexibility index (Phi) is 5.87. The highest BCUT2D eigenvalue weighted by Gasteiger charge is 2.11. The summed E-state index contributed by atoms with van der Waals surface area (Å²) in [7, 11) is 1.65. The van der Waals surface area contributed by atoms with Crippen LogP contribution in [0.1, 0.15) is 31.2 Å². The fourth-order valence-corrected chi connectivity index (χ4v) is 2.48. The maximum Gasteiger partial charge on any atom is 0.221 e. The van der Waals surface area contributed by atoms with Gasteiger partial charge in [-0.05, 0) is 43.6 Å².